The van der Waals surface area contributed by atoms with Gasteiger partial charge in [-0.3, -0.25) is 9.69 Å². The standard InChI is InChI=1S/C24H26N2O4S/c1-5-19-8-10-21(11-9-19)26(18(4)27)24-25-20(15-31-24)14-29-23(28)17(3)30-22-12-6-16(2)7-13-22/h6-13,15,17H,5,14H2,1-4H3. The molecule has 1 atom stereocenters. The van der Waals surface area contributed by atoms with Gasteiger partial charge in [-0.1, -0.05) is 36.8 Å². The number of carbonyl (C=O) groups excluding carboxylic acids is 2. The molecule has 1 unspecified atom stereocenters. The Morgan fingerprint density at radius 3 is 2.39 bits per heavy atom. The van der Waals surface area contributed by atoms with Gasteiger partial charge in [0.15, 0.2) is 11.2 Å². The molecule has 3 aromatic rings. The molecular formula is C24H26N2O4S. The van der Waals surface area contributed by atoms with Gasteiger partial charge in [0.25, 0.3) is 0 Å². The quantitative estimate of drug-likeness (QED) is 0.452. The number of hydrogen-bond donors (Lipinski definition) is 0. The maximum Gasteiger partial charge on any atom is 0.347 e. The summed E-state index contributed by atoms with van der Waals surface area (Å²) in [6.07, 6.45) is 0.186. The second kappa shape index (κ2) is 10.2. The van der Waals surface area contributed by atoms with E-state index in [0.717, 1.165) is 17.7 Å². The van der Waals surface area contributed by atoms with Gasteiger partial charge >= 0.3 is 5.97 Å². The molecule has 0 aliphatic rings. The zero-order valence-corrected chi connectivity index (χ0v) is 18.9. The number of aryl methyl sites for hydroxylation is 2. The Hall–Kier alpha value is -3.19. The highest BCUT2D eigenvalue weighted by Gasteiger charge is 2.20. The Bertz CT molecular complexity index is 1030. The molecule has 0 saturated carbocycles. The van der Waals surface area contributed by atoms with Crippen molar-refractivity contribution in [2.24, 2.45) is 0 Å². The Kier molecular flexibility index (Phi) is 7.41. The molecule has 0 radical (unpaired) electrons. The molecule has 2 aromatic carbocycles. The van der Waals surface area contributed by atoms with Crippen molar-refractivity contribution in [3.63, 3.8) is 0 Å². The molecule has 0 spiro atoms. The fraction of sp³-hybridized carbons (Fsp3) is 0.292. The lowest BCUT2D eigenvalue weighted by Gasteiger charge is -2.18. The molecule has 0 bridgehead atoms. The number of aromatic nitrogens is 1. The van der Waals surface area contributed by atoms with Crippen molar-refractivity contribution in [3.8, 4) is 5.75 Å². The number of esters is 1. The van der Waals surface area contributed by atoms with Crippen LogP contribution in [0.25, 0.3) is 0 Å². The van der Waals surface area contributed by atoms with Crippen LogP contribution < -0.4 is 9.64 Å². The van der Waals surface area contributed by atoms with Crippen LogP contribution in [0.3, 0.4) is 0 Å². The maximum absolute atomic E-state index is 12.3. The molecule has 0 saturated heterocycles. The molecule has 6 nitrogen and oxygen atoms in total. The predicted octanol–water partition coefficient (Wildman–Crippen LogP) is 5.21. The van der Waals surface area contributed by atoms with E-state index in [1.54, 1.807) is 17.2 Å². The Morgan fingerprint density at radius 2 is 1.77 bits per heavy atom. The second-order valence-corrected chi connectivity index (χ2v) is 8.01. The minimum Gasteiger partial charge on any atom is -0.479 e. The van der Waals surface area contributed by atoms with Crippen LogP contribution in [0.4, 0.5) is 10.8 Å². The van der Waals surface area contributed by atoms with Crippen LogP contribution in [0.15, 0.2) is 53.9 Å². The van der Waals surface area contributed by atoms with Gasteiger partial charge in [0.05, 0.1) is 11.4 Å². The van der Waals surface area contributed by atoms with Gasteiger partial charge in [-0.15, -0.1) is 11.3 Å². The molecule has 7 heteroatoms. The van der Waals surface area contributed by atoms with Crippen molar-refractivity contribution in [2.45, 2.75) is 46.8 Å². The lowest BCUT2D eigenvalue weighted by molar-refractivity contribution is -0.152. The zero-order chi connectivity index (χ0) is 22.4. The molecule has 0 aliphatic heterocycles. The van der Waals surface area contributed by atoms with E-state index in [9.17, 15) is 9.59 Å². The van der Waals surface area contributed by atoms with Crippen LogP contribution in [0.1, 0.15) is 37.6 Å². The van der Waals surface area contributed by atoms with Crippen molar-refractivity contribution < 1.29 is 19.1 Å². The van der Waals surface area contributed by atoms with E-state index in [1.165, 1.54) is 23.8 Å². The molecule has 3 rings (SSSR count). The summed E-state index contributed by atoms with van der Waals surface area (Å²) in [5.41, 5.74) is 3.64. The molecule has 1 aromatic heterocycles. The number of thiazole rings is 1. The Balaban J connectivity index is 1.61. The van der Waals surface area contributed by atoms with Gasteiger partial charge < -0.3 is 9.47 Å². The monoisotopic (exact) mass is 438 g/mol. The van der Waals surface area contributed by atoms with Crippen LogP contribution in [0.5, 0.6) is 5.75 Å². The van der Waals surface area contributed by atoms with Gasteiger partial charge in [-0.25, -0.2) is 9.78 Å². The minimum atomic E-state index is -0.744. The van der Waals surface area contributed by atoms with Gasteiger partial charge in [-0.2, -0.15) is 0 Å². The van der Waals surface area contributed by atoms with E-state index in [2.05, 4.69) is 11.9 Å². The van der Waals surface area contributed by atoms with Gasteiger partial charge in [0, 0.05) is 12.3 Å². The number of rotatable bonds is 8. The van der Waals surface area contributed by atoms with Crippen LogP contribution in [-0.4, -0.2) is 23.0 Å². The minimum absolute atomic E-state index is 0.0114. The molecule has 0 N–H and O–H groups in total. The second-order valence-electron chi connectivity index (χ2n) is 7.18. The van der Waals surface area contributed by atoms with Crippen molar-refractivity contribution >= 4 is 34.0 Å². The fourth-order valence-electron chi connectivity index (χ4n) is 2.90. The third kappa shape index (κ3) is 5.92. The van der Waals surface area contributed by atoms with Crippen molar-refractivity contribution in [2.75, 3.05) is 4.90 Å². The third-order valence-corrected chi connectivity index (χ3v) is 5.55. The molecule has 0 fully saturated rings. The van der Waals surface area contributed by atoms with E-state index >= 15 is 0 Å². The molecule has 162 valence electrons. The summed E-state index contributed by atoms with van der Waals surface area (Å²) in [5, 5.41) is 2.32. The first-order chi connectivity index (χ1) is 14.9. The molecule has 31 heavy (non-hydrogen) atoms. The highest BCUT2D eigenvalue weighted by Crippen LogP contribution is 2.29. The SMILES string of the molecule is CCc1ccc(N(C(C)=O)c2nc(COC(=O)C(C)Oc3ccc(C)cc3)cs2)cc1. The number of benzene rings is 2. The summed E-state index contributed by atoms with van der Waals surface area (Å²) in [5.74, 6) is -0.00634. The smallest absolute Gasteiger partial charge is 0.347 e. The highest BCUT2D eigenvalue weighted by atomic mass is 32.1. The molecule has 1 heterocycles. The van der Waals surface area contributed by atoms with Crippen molar-refractivity contribution in [3.05, 3.63) is 70.7 Å². The number of ether oxygens (including phenoxy) is 2. The summed E-state index contributed by atoms with van der Waals surface area (Å²) >= 11 is 1.33. The van der Waals surface area contributed by atoms with Crippen LogP contribution in [-0.2, 0) is 27.4 Å². The van der Waals surface area contributed by atoms with Gasteiger partial charge in [0.2, 0.25) is 5.91 Å². The average Bonchev–Trinajstić information content (AvgIpc) is 3.22. The first kappa shape index (κ1) is 22.5. The first-order valence-electron chi connectivity index (χ1n) is 10.1. The topological polar surface area (TPSA) is 68.7 Å². The number of carbonyl (C=O) groups is 2. The zero-order valence-electron chi connectivity index (χ0n) is 18.1. The summed E-state index contributed by atoms with van der Waals surface area (Å²) in [7, 11) is 0. The fourth-order valence-corrected chi connectivity index (χ4v) is 3.78. The third-order valence-electron chi connectivity index (χ3n) is 4.68. The average molecular weight is 439 g/mol. The van der Waals surface area contributed by atoms with Crippen molar-refractivity contribution in [1.82, 2.24) is 4.98 Å². The Labute approximate surface area is 186 Å². The molecule has 1 amide bonds. The van der Waals surface area contributed by atoms with Crippen molar-refractivity contribution in [1.29, 1.82) is 0 Å². The molecular weight excluding hydrogens is 412 g/mol. The van der Waals surface area contributed by atoms with Gasteiger partial charge in [-0.05, 0) is 50.1 Å². The van der Waals surface area contributed by atoms with Crippen LogP contribution in [0.2, 0.25) is 0 Å². The predicted molar refractivity (Wildman–Crippen MR) is 122 cm³/mol. The van der Waals surface area contributed by atoms with E-state index in [1.807, 2.05) is 55.5 Å². The Morgan fingerprint density at radius 1 is 1.10 bits per heavy atom. The van der Waals surface area contributed by atoms with Gasteiger partial charge in [0.1, 0.15) is 12.4 Å². The number of amides is 1. The maximum atomic E-state index is 12.3. The van der Waals surface area contributed by atoms with Crippen LogP contribution >= 0.6 is 11.3 Å². The first-order valence-corrected chi connectivity index (χ1v) is 11.0. The summed E-state index contributed by atoms with van der Waals surface area (Å²) in [6, 6.07) is 15.3. The highest BCUT2D eigenvalue weighted by molar-refractivity contribution is 7.14. The number of anilines is 2. The lowest BCUT2D eigenvalue weighted by Crippen LogP contribution is -2.26. The summed E-state index contributed by atoms with van der Waals surface area (Å²) in [6.45, 7) is 7.22. The van der Waals surface area contributed by atoms with E-state index in [0.29, 0.717) is 16.6 Å². The van der Waals surface area contributed by atoms with E-state index in [-0.39, 0.29) is 12.5 Å². The largest absolute Gasteiger partial charge is 0.479 e. The van der Waals surface area contributed by atoms with Crippen LogP contribution in [0, 0.1) is 6.92 Å². The lowest BCUT2D eigenvalue weighted by atomic mass is 10.1. The summed E-state index contributed by atoms with van der Waals surface area (Å²) < 4.78 is 11.0. The normalized spacial score (nSPS) is 11.6. The van der Waals surface area contributed by atoms with E-state index < -0.39 is 12.1 Å². The summed E-state index contributed by atoms with van der Waals surface area (Å²) in [4.78, 5) is 30.6. The number of hydrogen-bond acceptors (Lipinski definition) is 6. The number of nitrogens with zero attached hydrogens (tertiary/aromatic N) is 2. The van der Waals surface area contributed by atoms with E-state index in [4.69, 9.17) is 9.47 Å². The molecule has 0 aliphatic carbocycles.